The Morgan fingerprint density at radius 2 is 1.72 bits per heavy atom. The second-order valence-corrected chi connectivity index (χ2v) is 6.57. The highest BCUT2D eigenvalue weighted by Crippen LogP contribution is 2.54. The van der Waals surface area contributed by atoms with Crippen molar-refractivity contribution in [3.05, 3.63) is 0 Å². The molecule has 7 heteroatoms. The summed E-state index contributed by atoms with van der Waals surface area (Å²) in [5, 5.41) is 10.0. The highest BCUT2D eigenvalue weighted by Gasteiger charge is 2.44. The number of hydrogen-bond donors (Lipinski definition) is 2. The smallest absolute Gasteiger partial charge is 0.345 e. The fourth-order valence-corrected chi connectivity index (χ4v) is 3.70. The molecule has 2 atom stereocenters. The van der Waals surface area contributed by atoms with Gasteiger partial charge in [0.05, 0.1) is 19.3 Å². The van der Waals surface area contributed by atoms with Crippen LogP contribution in [0, 0.1) is 5.92 Å². The molecule has 0 saturated carbocycles. The van der Waals surface area contributed by atoms with Crippen molar-refractivity contribution >= 4 is 13.5 Å². The van der Waals surface area contributed by atoms with Crippen molar-refractivity contribution in [1.29, 1.82) is 0 Å². The number of hydrogen-bond acceptors (Lipinski definition) is 5. The van der Waals surface area contributed by atoms with E-state index >= 15 is 0 Å². The summed E-state index contributed by atoms with van der Waals surface area (Å²) in [6, 6.07) is 0. The zero-order valence-corrected chi connectivity index (χ0v) is 12.4. The van der Waals surface area contributed by atoms with Crippen LogP contribution >= 0.6 is 7.60 Å². The Labute approximate surface area is 108 Å². The van der Waals surface area contributed by atoms with E-state index in [4.69, 9.17) is 14.8 Å². The molecule has 0 radical (unpaired) electrons. The summed E-state index contributed by atoms with van der Waals surface area (Å²) >= 11 is 0. The number of nitrogens with two attached hydrogens (primary N) is 1. The predicted octanol–water partition coefficient (Wildman–Crippen LogP) is 1.51. The van der Waals surface area contributed by atoms with Gasteiger partial charge in [0, 0.05) is 0 Å². The van der Waals surface area contributed by atoms with Crippen molar-refractivity contribution in [2.75, 3.05) is 13.2 Å². The maximum Gasteiger partial charge on any atom is 0.345 e. The van der Waals surface area contributed by atoms with E-state index in [1.807, 2.05) is 13.8 Å². The van der Waals surface area contributed by atoms with Gasteiger partial charge in [0.2, 0.25) is 5.91 Å². The molecule has 0 aliphatic heterocycles. The van der Waals surface area contributed by atoms with E-state index in [2.05, 4.69) is 0 Å². The van der Waals surface area contributed by atoms with Gasteiger partial charge in [-0.25, -0.2) is 0 Å². The second-order valence-electron chi connectivity index (χ2n) is 4.42. The molecule has 1 amide bonds. The minimum absolute atomic E-state index is 0.120. The highest BCUT2D eigenvalue weighted by molar-refractivity contribution is 7.55. The standard InChI is InChI=1S/C11H24NO5P/c1-5-16-18(15,17-6-2)10(11(12)14)9(13)7-8(3)4/h8-10,13H,5-7H2,1-4H3,(H2,12,14)/t9-,10+/m1/s1. The fraction of sp³-hybridized carbons (Fsp3) is 0.909. The zero-order valence-electron chi connectivity index (χ0n) is 11.5. The number of rotatable bonds is 9. The van der Waals surface area contributed by atoms with Gasteiger partial charge in [0.1, 0.15) is 0 Å². The molecule has 0 fully saturated rings. The Bertz CT molecular complexity index is 298. The van der Waals surface area contributed by atoms with Gasteiger partial charge in [-0.15, -0.1) is 0 Å². The van der Waals surface area contributed by atoms with Crippen LogP contribution in [-0.4, -0.2) is 36.0 Å². The van der Waals surface area contributed by atoms with Crippen LogP contribution in [-0.2, 0) is 18.4 Å². The minimum atomic E-state index is -3.72. The molecule has 108 valence electrons. The fourth-order valence-electron chi connectivity index (χ4n) is 1.73. The predicted molar refractivity (Wildman–Crippen MR) is 69.3 cm³/mol. The van der Waals surface area contributed by atoms with Crippen molar-refractivity contribution in [3.63, 3.8) is 0 Å². The third kappa shape index (κ3) is 5.06. The quantitative estimate of drug-likeness (QED) is 0.624. The van der Waals surface area contributed by atoms with E-state index in [0.29, 0.717) is 6.42 Å². The van der Waals surface area contributed by atoms with Crippen molar-refractivity contribution in [2.45, 2.75) is 45.9 Å². The molecule has 3 N–H and O–H groups in total. The van der Waals surface area contributed by atoms with E-state index in [1.54, 1.807) is 13.8 Å². The van der Waals surface area contributed by atoms with Crippen LogP contribution in [0.4, 0.5) is 0 Å². The first-order valence-corrected chi connectivity index (χ1v) is 7.75. The van der Waals surface area contributed by atoms with Gasteiger partial charge < -0.3 is 19.9 Å². The van der Waals surface area contributed by atoms with Crippen molar-refractivity contribution in [2.24, 2.45) is 11.7 Å². The summed E-state index contributed by atoms with van der Waals surface area (Å²) in [6.45, 7) is 7.28. The normalized spacial score (nSPS) is 15.7. The summed E-state index contributed by atoms with van der Waals surface area (Å²) in [5.41, 5.74) is 3.91. The van der Waals surface area contributed by atoms with Crippen LogP contribution in [0.5, 0.6) is 0 Å². The second kappa shape index (κ2) is 7.89. The lowest BCUT2D eigenvalue weighted by Crippen LogP contribution is -2.40. The maximum atomic E-state index is 12.5. The molecule has 0 aliphatic rings. The minimum Gasteiger partial charge on any atom is -0.392 e. The molecule has 0 heterocycles. The third-order valence-corrected chi connectivity index (χ3v) is 4.84. The lowest BCUT2D eigenvalue weighted by Gasteiger charge is -2.28. The van der Waals surface area contributed by atoms with Gasteiger partial charge in [-0.1, -0.05) is 13.8 Å². The highest BCUT2D eigenvalue weighted by atomic mass is 31.2. The SMILES string of the molecule is CCOP(=O)(OCC)[C@H](C(N)=O)[C@H](O)CC(C)C. The molecule has 0 aromatic carbocycles. The van der Waals surface area contributed by atoms with Gasteiger partial charge in [-0.2, -0.15) is 0 Å². The van der Waals surface area contributed by atoms with Crippen LogP contribution in [0.2, 0.25) is 0 Å². The Morgan fingerprint density at radius 1 is 1.28 bits per heavy atom. The molecule has 0 spiro atoms. The Kier molecular flexibility index (Phi) is 7.71. The summed E-state index contributed by atoms with van der Waals surface area (Å²) in [7, 11) is -3.72. The van der Waals surface area contributed by atoms with Crippen LogP contribution < -0.4 is 5.73 Å². The van der Waals surface area contributed by atoms with E-state index in [0.717, 1.165) is 0 Å². The van der Waals surface area contributed by atoms with Gasteiger partial charge in [-0.3, -0.25) is 9.36 Å². The van der Waals surface area contributed by atoms with Crippen LogP contribution in [0.25, 0.3) is 0 Å². The lowest BCUT2D eigenvalue weighted by molar-refractivity contribution is -0.120. The molecule has 0 rings (SSSR count). The summed E-state index contributed by atoms with van der Waals surface area (Å²) < 4.78 is 22.6. The number of aliphatic hydroxyl groups is 1. The number of carbonyl (C=O) groups is 1. The van der Waals surface area contributed by atoms with E-state index in [1.165, 1.54) is 0 Å². The molecule has 0 aliphatic carbocycles. The Morgan fingerprint density at radius 3 is 2.00 bits per heavy atom. The van der Waals surface area contributed by atoms with Gasteiger partial charge in [-0.05, 0) is 26.2 Å². The first-order valence-electron chi connectivity index (χ1n) is 6.14. The number of amides is 1. The first-order chi connectivity index (χ1) is 8.28. The number of aliphatic hydroxyl groups excluding tert-OH is 1. The first kappa shape index (κ1) is 17.6. The molecule has 0 saturated heterocycles. The molecular weight excluding hydrogens is 257 g/mol. The average Bonchev–Trinajstić information content (AvgIpc) is 2.15. The van der Waals surface area contributed by atoms with E-state index < -0.39 is 25.3 Å². The van der Waals surface area contributed by atoms with E-state index in [9.17, 15) is 14.5 Å². The Hall–Kier alpha value is -0.420. The largest absolute Gasteiger partial charge is 0.392 e. The lowest BCUT2D eigenvalue weighted by atomic mass is 10.0. The van der Waals surface area contributed by atoms with Crippen molar-refractivity contribution in [1.82, 2.24) is 0 Å². The molecule has 0 bridgehead atoms. The van der Waals surface area contributed by atoms with E-state index in [-0.39, 0.29) is 19.1 Å². The van der Waals surface area contributed by atoms with Crippen LogP contribution in [0.15, 0.2) is 0 Å². The number of carbonyl (C=O) groups excluding carboxylic acids is 1. The molecule has 18 heavy (non-hydrogen) atoms. The molecule has 0 aromatic heterocycles. The van der Waals surface area contributed by atoms with Gasteiger partial charge in [0.25, 0.3) is 0 Å². The summed E-state index contributed by atoms with van der Waals surface area (Å²) in [6.07, 6.45) is -0.830. The average molecular weight is 281 g/mol. The topological polar surface area (TPSA) is 98.9 Å². The molecule has 6 nitrogen and oxygen atoms in total. The van der Waals surface area contributed by atoms with Crippen molar-refractivity contribution in [3.8, 4) is 0 Å². The van der Waals surface area contributed by atoms with Crippen LogP contribution in [0.3, 0.4) is 0 Å². The molecule has 0 unspecified atom stereocenters. The zero-order chi connectivity index (χ0) is 14.3. The summed E-state index contributed by atoms with van der Waals surface area (Å²) in [4.78, 5) is 11.4. The maximum absolute atomic E-state index is 12.5. The summed E-state index contributed by atoms with van der Waals surface area (Å²) in [5.74, 6) is -0.730. The van der Waals surface area contributed by atoms with Gasteiger partial charge in [0.15, 0.2) is 5.66 Å². The number of primary amides is 1. The Balaban J connectivity index is 5.15. The molecular formula is C11H24NO5P. The molecule has 0 aromatic rings. The van der Waals surface area contributed by atoms with Gasteiger partial charge >= 0.3 is 7.60 Å². The monoisotopic (exact) mass is 281 g/mol. The van der Waals surface area contributed by atoms with Crippen LogP contribution in [0.1, 0.15) is 34.1 Å². The van der Waals surface area contributed by atoms with Crippen molar-refractivity contribution < 1.29 is 23.5 Å². The third-order valence-electron chi connectivity index (χ3n) is 2.33.